The maximum Gasteiger partial charge on any atom is 0.390 e. The Morgan fingerprint density at radius 1 is 1.24 bits per heavy atom. The summed E-state index contributed by atoms with van der Waals surface area (Å²) < 4.78 is 55.2. The molecule has 2 amide bonds. The van der Waals surface area contributed by atoms with Crippen LogP contribution in [0.1, 0.15) is 30.6 Å². The molecule has 1 N–H and O–H groups in total. The second kappa shape index (κ2) is 12.4. The lowest BCUT2D eigenvalue weighted by molar-refractivity contribution is -0.140. The first-order valence-electron chi connectivity index (χ1n) is 11.1. The van der Waals surface area contributed by atoms with Crippen LogP contribution in [0.2, 0.25) is 0 Å². The highest BCUT2D eigenvalue weighted by Crippen LogP contribution is 2.27. The Bertz CT molecular complexity index is 837. The van der Waals surface area contributed by atoms with E-state index in [1.165, 1.54) is 25.2 Å². The van der Waals surface area contributed by atoms with E-state index in [0.717, 1.165) is 0 Å². The van der Waals surface area contributed by atoms with E-state index in [1.54, 1.807) is 31.0 Å². The van der Waals surface area contributed by atoms with Gasteiger partial charge in [0.2, 0.25) is 5.91 Å². The zero-order valence-corrected chi connectivity index (χ0v) is 20.3. The number of hydrogen-bond acceptors (Lipinski definition) is 6. The van der Waals surface area contributed by atoms with Gasteiger partial charge >= 0.3 is 6.18 Å². The van der Waals surface area contributed by atoms with Crippen molar-refractivity contribution >= 4 is 17.5 Å². The molecular weight excluding hydrogens is 455 g/mol. The number of hydrogen-bond donors (Lipinski definition) is 1. The van der Waals surface area contributed by atoms with Crippen LogP contribution in [-0.4, -0.2) is 94.1 Å². The van der Waals surface area contributed by atoms with Gasteiger partial charge in [-0.3, -0.25) is 14.5 Å². The van der Waals surface area contributed by atoms with Crippen LogP contribution in [0.4, 0.5) is 18.9 Å². The fourth-order valence-corrected chi connectivity index (χ4v) is 3.83. The number of anilines is 1. The molecule has 0 fully saturated rings. The third-order valence-corrected chi connectivity index (χ3v) is 5.82. The maximum absolute atomic E-state index is 13.2. The van der Waals surface area contributed by atoms with E-state index in [-0.39, 0.29) is 67.5 Å². The molecule has 1 heterocycles. The van der Waals surface area contributed by atoms with Crippen LogP contribution in [0, 0.1) is 5.92 Å². The number of carbonyl (C=O) groups excluding carboxylic acids is 2. The number of likely N-dealkylation sites (N-methyl/N-ethyl adjacent to an activating group) is 1. The molecule has 0 saturated heterocycles. The van der Waals surface area contributed by atoms with E-state index in [4.69, 9.17) is 14.2 Å². The molecule has 11 heteroatoms. The molecule has 0 spiro atoms. The largest absolute Gasteiger partial charge is 0.491 e. The minimum Gasteiger partial charge on any atom is -0.491 e. The van der Waals surface area contributed by atoms with Crippen molar-refractivity contribution in [3.63, 3.8) is 0 Å². The van der Waals surface area contributed by atoms with Gasteiger partial charge in [0.25, 0.3) is 5.91 Å². The zero-order valence-electron chi connectivity index (χ0n) is 20.3. The molecule has 0 aliphatic carbocycles. The molecule has 8 nitrogen and oxygen atoms in total. The van der Waals surface area contributed by atoms with E-state index < -0.39 is 12.6 Å². The number of benzene rings is 1. The molecule has 0 bridgehead atoms. The van der Waals surface area contributed by atoms with E-state index in [0.29, 0.717) is 12.2 Å². The molecule has 34 heavy (non-hydrogen) atoms. The number of ether oxygens (including phenoxy) is 3. The van der Waals surface area contributed by atoms with Crippen molar-refractivity contribution in [3.8, 4) is 5.75 Å². The van der Waals surface area contributed by atoms with Crippen molar-refractivity contribution in [1.29, 1.82) is 0 Å². The smallest absolute Gasteiger partial charge is 0.390 e. The summed E-state index contributed by atoms with van der Waals surface area (Å²) in [6.07, 6.45) is -5.58. The van der Waals surface area contributed by atoms with Gasteiger partial charge in [0.1, 0.15) is 19.0 Å². The van der Waals surface area contributed by atoms with Crippen molar-refractivity contribution in [2.75, 3.05) is 59.4 Å². The monoisotopic (exact) mass is 489 g/mol. The summed E-state index contributed by atoms with van der Waals surface area (Å²) in [7, 11) is 4.56. The first kappa shape index (κ1) is 27.9. The van der Waals surface area contributed by atoms with Gasteiger partial charge in [-0.1, -0.05) is 6.92 Å². The number of carbonyl (C=O) groups is 2. The Morgan fingerprint density at radius 3 is 2.56 bits per heavy atom. The van der Waals surface area contributed by atoms with E-state index in [2.05, 4.69) is 5.32 Å². The average molecular weight is 490 g/mol. The summed E-state index contributed by atoms with van der Waals surface area (Å²) in [5.74, 6) is -0.561. The number of amides is 2. The van der Waals surface area contributed by atoms with Gasteiger partial charge in [0, 0.05) is 58.7 Å². The highest BCUT2D eigenvalue weighted by atomic mass is 19.4. The lowest BCUT2D eigenvalue weighted by Crippen LogP contribution is -2.47. The topological polar surface area (TPSA) is 80.3 Å². The molecule has 0 radical (unpaired) electrons. The Kier molecular flexibility index (Phi) is 10.1. The molecule has 1 aromatic rings. The Labute approximate surface area is 198 Å². The number of halogens is 3. The first-order chi connectivity index (χ1) is 15.9. The molecule has 1 aromatic carbocycles. The standard InChI is InChI=1S/C23H34F3N3O5/c1-15-11-29(9-8-23(24,25)26)16(2)13-34-19-10-17(27-21(30)14-32-4)6-7-18(19)22(31)28(3)12-20(15)33-5/h6-7,10,15-16,20H,8-9,11-14H2,1-5H3,(H,27,30)/t15-,16+,20+/m1/s1. The number of nitrogens with one attached hydrogen (secondary N) is 1. The van der Waals surface area contributed by atoms with E-state index >= 15 is 0 Å². The number of methoxy groups -OCH3 is 2. The predicted octanol–water partition coefficient (Wildman–Crippen LogP) is 3.03. The Morgan fingerprint density at radius 2 is 1.94 bits per heavy atom. The van der Waals surface area contributed by atoms with Crippen LogP contribution >= 0.6 is 0 Å². The van der Waals surface area contributed by atoms with Crippen molar-refractivity contribution in [3.05, 3.63) is 23.8 Å². The number of fused-ring (bicyclic) bond motifs is 1. The van der Waals surface area contributed by atoms with Gasteiger partial charge in [-0.2, -0.15) is 13.2 Å². The summed E-state index contributed by atoms with van der Waals surface area (Å²) in [6, 6.07) is 4.31. The summed E-state index contributed by atoms with van der Waals surface area (Å²) >= 11 is 0. The maximum atomic E-state index is 13.2. The quantitative estimate of drug-likeness (QED) is 0.662. The van der Waals surface area contributed by atoms with Crippen molar-refractivity contribution in [2.24, 2.45) is 5.92 Å². The van der Waals surface area contributed by atoms with Crippen molar-refractivity contribution in [2.45, 2.75) is 38.6 Å². The fraction of sp³-hybridized carbons (Fsp3) is 0.652. The van der Waals surface area contributed by atoms with E-state index in [1.807, 2.05) is 6.92 Å². The van der Waals surface area contributed by atoms with Gasteiger partial charge in [-0.15, -0.1) is 0 Å². The van der Waals surface area contributed by atoms with Gasteiger partial charge < -0.3 is 24.4 Å². The predicted molar refractivity (Wildman–Crippen MR) is 121 cm³/mol. The highest BCUT2D eigenvalue weighted by molar-refractivity contribution is 5.98. The summed E-state index contributed by atoms with van der Waals surface area (Å²) in [4.78, 5) is 28.3. The van der Waals surface area contributed by atoms with Crippen molar-refractivity contribution < 1.29 is 37.0 Å². The van der Waals surface area contributed by atoms with E-state index in [9.17, 15) is 22.8 Å². The minimum atomic E-state index is -4.28. The van der Waals surface area contributed by atoms with Crippen LogP contribution in [0.5, 0.6) is 5.75 Å². The van der Waals surface area contributed by atoms with Crippen LogP contribution < -0.4 is 10.1 Å². The molecule has 1 aliphatic rings. The normalized spacial score (nSPS) is 22.9. The fourth-order valence-electron chi connectivity index (χ4n) is 3.83. The van der Waals surface area contributed by atoms with Crippen LogP contribution in [0.3, 0.4) is 0 Å². The molecule has 1 aliphatic heterocycles. The third-order valence-electron chi connectivity index (χ3n) is 5.82. The van der Waals surface area contributed by atoms with Crippen molar-refractivity contribution in [1.82, 2.24) is 9.80 Å². The van der Waals surface area contributed by atoms with Crippen LogP contribution in [0.25, 0.3) is 0 Å². The van der Waals surface area contributed by atoms with Gasteiger partial charge in [-0.25, -0.2) is 0 Å². The second-order valence-corrected chi connectivity index (χ2v) is 8.65. The van der Waals surface area contributed by atoms with Crippen LogP contribution in [-0.2, 0) is 14.3 Å². The van der Waals surface area contributed by atoms with Gasteiger partial charge in [0.15, 0.2) is 0 Å². The zero-order chi connectivity index (χ0) is 25.5. The summed E-state index contributed by atoms with van der Waals surface area (Å²) in [6.45, 7) is 4.03. The van der Waals surface area contributed by atoms with Gasteiger partial charge in [-0.05, 0) is 25.0 Å². The highest BCUT2D eigenvalue weighted by Gasteiger charge is 2.32. The SMILES string of the molecule is COCC(=O)Nc1ccc2c(c1)OC[C@H](C)N(CCC(F)(F)F)C[C@@H](C)[C@@H](OC)CN(C)C2=O. The summed E-state index contributed by atoms with van der Waals surface area (Å²) in [5, 5.41) is 2.66. The molecular formula is C23H34F3N3O5. The average Bonchev–Trinajstić information content (AvgIpc) is 2.76. The third kappa shape index (κ3) is 8.14. The lowest BCUT2D eigenvalue weighted by Gasteiger charge is -2.36. The molecule has 0 unspecified atom stereocenters. The Hall–Kier alpha value is -2.37. The molecule has 0 saturated carbocycles. The first-order valence-corrected chi connectivity index (χ1v) is 11.1. The molecule has 192 valence electrons. The number of rotatable bonds is 6. The lowest BCUT2D eigenvalue weighted by atomic mass is 10.0. The number of alkyl halides is 3. The second-order valence-electron chi connectivity index (χ2n) is 8.65. The summed E-state index contributed by atoms with van der Waals surface area (Å²) in [5.41, 5.74) is 0.692. The number of nitrogens with zero attached hydrogens (tertiary/aromatic N) is 2. The molecule has 3 atom stereocenters. The molecule has 0 aromatic heterocycles. The van der Waals surface area contributed by atoms with Crippen LogP contribution in [0.15, 0.2) is 18.2 Å². The minimum absolute atomic E-state index is 0.0572. The Balaban J connectivity index is 2.37. The molecule has 2 rings (SSSR count). The van der Waals surface area contributed by atoms with Gasteiger partial charge in [0.05, 0.1) is 18.1 Å².